The topological polar surface area (TPSA) is 169 Å². The molecule has 0 radical (unpaired) electrons. The molecule has 2 aromatic heterocycles. The van der Waals surface area contributed by atoms with Crippen molar-refractivity contribution in [1.29, 1.82) is 0 Å². The highest BCUT2D eigenvalue weighted by Crippen LogP contribution is 2.38. The Labute approximate surface area is 392 Å². The van der Waals surface area contributed by atoms with Crippen molar-refractivity contribution in [3.8, 4) is 11.5 Å². The number of benzene rings is 2. The lowest BCUT2D eigenvalue weighted by Gasteiger charge is -2.31. The van der Waals surface area contributed by atoms with E-state index in [0.717, 1.165) is 48.2 Å². The van der Waals surface area contributed by atoms with Gasteiger partial charge < -0.3 is 29.5 Å². The maximum Gasteiger partial charge on any atom is 0.435 e. The molecule has 2 aromatic carbocycles. The molecule has 64 heavy (non-hydrogen) atoms. The maximum atomic E-state index is 13.2. The Hall–Kier alpha value is -4.50. The van der Waals surface area contributed by atoms with Crippen LogP contribution in [0.3, 0.4) is 0 Å². The van der Waals surface area contributed by atoms with Crippen molar-refractivity contribution in [2.24, 2.45) is 11.8 Å². The minimum absolute atomic E-state index is 0.00747. The number of rotatable bonds is 6. The molecule has 2 saturated heterocycles. The number of phenols is 2. The van der Waals surface area contributed by atoms with Crippen molar-refractivity contribution < 1.29 is 38.9 Å². The van der Waals surface area contributed by atoms with E-state index in [1.807, 2.05) is 51.3 Å². The Bertz CT molecular complexity index is 2320. The van der Waals surface area contributed by atoms with Gasteiger partial charge in [0.05, 0.1) is 17.6 Å². The second-order valence-electron chi connectivity index (χ2n) is 19.0. The SMILES string of the molecule is CC(C)(C)OC(=O)n1cc2c(n1)CCC(N1CC[C@@H](Cc3c(Cl)cc(O)cc3Cl)C1=O)C2.CC(C)(C)OC(=O)n1ncc2c1CCC(N1CC[C@@H](Cc3c(Cl)cc(O)cc3Cl)C1=O)C2. The first-order valence-electron chi connectivity index (χ1n) is 21.6. The number of ether oxygens (including phenoxy) is 2. The van der Waals surface area contributed by atoms with E-state index < -0.39 is 23.4 Å². The van der Waals surface area contributed by atoms with Crippen LogP contribution in [-0.2, 0) is 57.6 Å². The first-order valence-corrected chi connectivity index (χ1v) is 23.1. The normalized spacial score (nSPS) is 21.0. The lowest BCUT2D eigenvalue weighted by atomic mass is 9.92. The lowest BCUT2D eigenvalue weighted by molar-refractivity contribution is -0.133. The van der Waals surface area contributed by atoms with E-state index in [9.17, 15) is 29.4 Å². The van der Waals surface area contributed by atoms with Crippen LogP contribution >= 0.6 is 46.4 Å². The number of carbonyl (C=O) groups excluding carboxylic acids is 4. The molecule has 4 atom stereocenters. The van der Waals surface area contributed by atoms with E-state index >= 15 is 0 Å². The van der Waals surface area contributed by atoms with Gasteiger partial charge in [0.2, 0.25) is 11.8 Å². The Morgan fingerprint density at radius 1 is 0.688 bits per heavy atom. The summed E-state index contributed by atoms with van der Waals surface area (Å²) < 4.78 is 13.5. The van der Waals surface area contributed by atoms with Crippen LogP contribution in [0, 0.1) is 11.8 Å². The van der Waals surface area contributed by atoms with Crippen molar-refractivity contribution in [3.05, 3.63) is 90.4 Å². The third-order valence-electron chi connectivity index (χ3n) is 12.1. The van der Waals surface area contributed by atoms with E-state index in [0.29, 0.717) is 82.8 Å². The zero-order valence-corrected chi connectivity index (χ0v) is 39.8. The van der Waals surface area contributed by atoms with Crippen LogP contribution in [0.4, 0.5) is 9.59 Å². The van der Waals surface area contributed by atoms with Gasteiger partial charge in [0.25, 0.3) is 0 Å². The third-order valence-corrected chi connectivity index (χ3v) is 13.4. The number of phenolic OH excluding ortho intramolecular Hbond substituents is 2. The Balaban J connectivity index is 0.000000191. The predicted molar refractivity (Wildman–Crippen MR) is 243 cm³/mol. The van der Waals surface area contributed by atoms with Gasteiger partial charge in [-0.05, 0) is 152 Å². The van der Waals surface area contributed by atoms with Crippen LogP contribution in [0.15, 0.2) is 36.7 Å². The van der Waals surface area contributed by atoms with Gasteiger partial charge in [0.1, 0.15) is 22.7 Å². The summed E-state index contributed by atoms with van der Waals surface area (Å²) in [4.78, 5) is 55.0. The van der Waals surface area contributed by atoms with E-state index in [1.165, 1.54) is 33.6 Å². The van der Waals surface area contributed by atoms with Gasteiger partial charge >= 0.3 is 12.2 Å². The second kappa shape index (κ2) is 18.8. The fraction of sp³-hybridized carbons (Fsp3) is 0.522. The molecule has 2 amide bonds. The van der Waals surface area contributed by atoms with E-state index in [4.69, 9.17) is 55.9 Å². The summed E-state index contributed by atoms with van der Waals surface area (Å²) in [5, 5.41) is 29.4. The molecule has 2 fully saturated rings. The number of hydrogen-bond donors (Lipinski definition) is 2. The fourth-order valence-electron chi connectivity index (χ4n) is 9.08. The quantitative estimate of drug-likeness (QED) is 0.190. The number of hydrogen-bond acceptors (Lipinski definition) is 10. The molecule has 4 aliphatic rings. The third kappa shape index (κ3) is 10.8. The van der Waals surface area contributed by atoms with Gasteiger partial charge in [-0.25, -0.2) is 9.59 Å². The zero-order valence-electron chi connectivity index (χ0n) is 36.8. The maximum absolute atomic E-state index is 13.2. The van der Waals surface area contributed by atoms with Crippen LogP contribution in [0.2, 0.25) is 20.1 Å². The molecule has 14 nitrogen and oxygen atoms in total. The van der Waals surface area contributed by atoms with E-state index in [2.05, 4.69) is 10.2 Å². The molecule has 8 rings (SSSR count). The molecule has 0 saturated carbocycles. The summed E-state index contributed by atoms with van der Waals surface area (Å²) in [6.07, 6.45) is 9.07. The summed E-state index contributed by atoms with van der Waals surface area (Å²) in [5.41, 5.74) is 3.91. The summed E-state index contributed by atoms with van der Waals surface area (Å²) in [6.45, 7) is 12.3. The van der Waals surface area contributed by atoms with Gasteiger partial charge in [-0.3, -0.25) is 9.59 Å². The van der Waals surface area contributed by atoms with Gasteiger partial charge in [-0.1, -0.05) is 46.4 Å². The Kier molecular flexibility index (Phi) is 13.9. The Morgan fingerprint density at radius 2 is 1.14 bits per heavy atom. The van der Waals surface area contributed by atoms with Crippen LogP contribution in [0.1, 0.15) is 101 Å². The molecule has 2 aliphatic carbocycles. The highest BCUT2D eigenvalue weighted by Gasteiger charge is 2.40. The van der Waals surface area contributed by atoms with Crippen molar-refractivity contribution in [2.45, 2.75) is 129 Å². The van der Waals surface area contributed by atoms with Gasteiger partial charge in [0.15, 0.2) is 0 Å². The number of carbonyl (C=O) groups is 4. The summed E-state index contributed by atoms with van der Waals surface area (Å²) in [7, 11) is 0. The number of likely N-dealkylation sites (tertiary alicyclic amines) is 2. The first kappa shape index (κ1) is 47.5. The van der Waals surface area contributed by atoms with Crippen molar-refractivity contribution in [1.82, 2.24) is 29.4 Å². The average Bonchev–Trinajstić information content (AvgIpc) is 3.98. The van der Waals surface area contributed by atoms with E-state index in [1.54, 1.807) is 12.4 Å². The number of aryl methyl sites for hydroxylation is 1. The summed E-state index contributed by atoms with van der Waals surface area (Å²) in [5.74, 6) is -0.182. The molecular weight excluding hydrogens is 906 g/mol. The van der Waals surface area contributed by atoms with Gasteiger partial charge in [-0.2, -0.15) is 19.6 Å². The molecule has 4 aromatic rings. The molecule has 0 bridgehead atoms. The molecule has 2 unspecified atom stereocenters. The monoisotopic (exact) mass is 958 g/mol. The standard InChI is InChI=1S/2C23H27Cl2N3O4/c1-23(2,3)32-22(31)28-12-14-8-15(4-5-20(14)26-28)27-7-6-13(21(27)30)9-17-18(24)10-16(29)11-19(17)25;1-23(2,3)32-22(31)28-20-5-4-15(8-14(20)12-26-28)27-7-6-13(21(27)30)9-17-18(24)10-16(29)11-19(17)25/h2*10-13,15,29H,4-9H2,1-3H3/t2*13-,15?/m00/s1. The minimum Gasteiger partial charge on any atom is -0.508 e. The second-order valence-corrected chi connectivity index (χ2v) is 20.7. The predicted octanol–water partition coefficient (Wildman–Crippen LogP) is 9.25. The lowest BCUT2D eigenvalue weighted by Crippen LogP contribution is -2.41. The number of aromatic nitrogens is 4. The highest BCUT2D eigenvalue weighted by molar-refractivity contribution is 6.36. The minimum atomic E-state index is -0.591. The summed E-state index contributed by atoms with van der Waals surface area (Å²) in [6, 6.07) is 5.94. The molecule has 0 spiro atoms. The largest absolute Gasteiger partial charge is 0.508 e. The van der Waals surface area contributed by atoms with Crippen LogP contribution in [0.25, 0.3) is 0 Å². The number of nitrogens with zero attached hydrogens (tertiary/aromatic N) is 6. The smallest absolute Gasteiger partial charge is 0.435 e. The van der Waals surface area contributed by atoms with Crippen LogP contribution < -0.4 is 0 Å². The number of fused-ring (bicyclic) bond motifs is 2. The molecule has 344 valence electrons. The number of halogens is 4. The molecule has 2 aliphatic heterocycles. The van der Waals surface area contributed by atoms with Crippen LogP contribution in [0.5, 0.6) is 11.5 Å². The van der Waals surface area contributed by atoms with Crippen LogP contribution in [-0.4, -0.2) is 99.9 Å². The number of amides is 2. The zero-order chi connectivity index (χ0) is 46.4. The van der Waals surface area contributed by atoms with Gasteiger partial charge in [0, 0.05) is 63.3 Å². The Morgan fingerprint density at radius 3 is 1.62 bits per heavy atom. The first-order chi connectivity index (χ1) is 30.0. The average molecular weight is 961 g/mol. The van der Waals surface area contributed by atoms with Crippen molar-refractivity contribution in [3.63, 3.8) is 0 Å². The van der Waals surface area contributed by atoms with Gasteiger partial charge in [-0.15, -0.1) is 0 Å². The van der Waals surface area contributed by atoms with E-state index in [-0.39, 0.29) is 47.2 Å². The molecular formula is C46H54Cl4N6O8. The molecule has 2 N–H and O–H groups in total. The fourth-order valence-corrected chi connectivity index (χ4v) is 10.3. The summed E-state index contributed by atoms with van der Waals surface area (Å²) >= 11 is 25.0. The highest BCUT2D eigenvalue weighted by atomic mass is 35.5. The molecule has 18 heteroatoms. The molecule has 4 heterocycles. The number of aromatic hydroxyl groups is 2. The van der Waals surface area contributed by atoms with Crippen molar-refractivity contribution >= 4 is 70.4 Å². The van der Waals surface area contributed by atoms with Crippen molar-refractivity contribution in [2.75, 3.05) is 13.1 Å².